The maximum Gasteiger partial charge on any atom is 0.227 e. The summed E-state index contributed by atoms with van der Waals surface area (Å²) in [6, 6.07) is 12.1. The Kier molecular flexibility index (Phi) is 2.79. The van der Waals surface area contributed by atoms with E-state index >= 15 is 0 Å². The number of rotatable bonds is 2. The van der Waals surface area contributed by atoms with E-state index in [9.17, 15) is 0 Å². The van der Waals surface area contributed by atoms with Crippen molar-refractivity contribution in [1.29, 1.82) is 0 Å². The Morgan fingerprint density at radius 1 is 0.955 bits per heavy atom. The Morgan fingerprint density at radius 3 is 2.55 bits per heavy atom. The van der Waals surface area contributed by atoms with Crippen LogP contribution in [0.15, 0.2) is 53.5 Å². The van der Waals surface area contributed by atoms with Gasteiger partial charge < -0.3 is 4.42 Å². The number of fused-ring (bicyclic) bond motifs is 1. The van der Waals surface area contributed by atoms with Crippen molar-refractivity contribution in [3.05, 3.63) is 60.2 Å². The highest BCUT2D eigenvalue weighted by Crippen LogP contribution is 2.27. The molecule has 22 heavy (non-hydrogen) atoms. The Balaban J connectivity index is 1.80. The van der Waals surface area contributed by atoms with Gasteiger partial charge >= 0.3 is 0 Å². The molecule has 0 aliphatic carbocycles. The Morgan fingerprint density at radius 2 is 1.77 bits per heavy atom. The molecule has 0 spiro atoms. The topological polar surface area (TPSA) is 56.7 Å². The van der Waals surface area contributed by atoms with Gasteiger partial charge in [0.1, 0.15) is 18.2 Å². The molecule has 0 aliphatic rings. The molecule has 0 saturated carbocycles. The number of aryl methyl sites for hydroxylation is 2. The molecule has 0 bridgehead atoms. The molecule has 5 nitrogen and oxygen atoms in total. The fourth-order valence-electron chi connectivity index (χ4n) is 2.56. The number of hydrogen-bond acceptors (Lipinski definition) is 4. The van der Waals surface area contributed by atoms with Gasteiger partial charge in [-0.25, -0.2) is 4.98 Å². The second-order valence-corrected chi connectivity index (χ2v) is 5.36. The predicted molar refractivity (Wildman–Crippen MR) is 83.8 cm³/mol. The van der Waals surface area contributed by atoms with E-state index in [0.717, 1.165) is 27.9 Å². The van der Waals surface area contributed by atoms with Crippen molar-refractivity contribution in [3.8, 4) is 17.1 Å². The maximum absolute atomic E-state index is 5.85. The molecular weight excluding hydrogens is 276 g/mol. The molecular formula is C17H14N4O. The highest BCUT2D eigenvalue weighted by molar-refractivity contribution is 5.77. The van der Waals surface area contributed by atoms with Gasteiger partial charge in [0.05, 0.1) is 5.69 Å². The fourth-order valence-corrected chi connectivity index (χ4v) is 2.56. The van der Waals surface area contributed by atoms with Gasteiger partial charge in [-0.2, -0.15) is 0 Å². The van der Waals surface area contributed by atoms with Crippen molar-refractivity contribution in [2.24, 2.45) is 0 Å². The van der Waals surface area contributed by atoms with E-state index in [1.54, 1.807) is 12.7 Å². The predicted octanol–water partition coefficient (Wildman–Crippen LogP) is 3.69. The molecule has 0 saturated heterocycles. The summed E-state index contributed by atoms with van der Waals surface area (Å²) < 4.78 is 7.74. The van der Waals surface area contributed by atoms with E-state index < -0.39 is 0 Å². The number of oxazole rings is 1. The first-order valence-corrected chi connectivity index (χ1v) is 7.04. The van der Waals surface area contributed by atoms with Crippen LogP contribution >= 0.6 is 0 Å². The van der Waals surface area contributed by atoms with Crippen LogP contribution in [0.2, 0.25) is 0 Å². The van der Waals surface area contributed by atoms with E-state index in [0.29, 0.717) is 5.89 Å². The molecule has 0 unspecified atom stereocenters. The van der Waals surface area contributed by atoms with E-state index in [4.69, 9.17) is 4.42 Å². The highest BCUT2D eigenvalue weighted by Gasteiger charge is 2.10. The van der Waals surface area contributed by atoms with E-state index in [2.05, 4.69) is 21.2 Å². The summed E-state index contributed by atoms with van der Waals surface area (Å²) in [6.07, 6.45) is 3.37. The van der Waals surface area contributed by atoms with Crippen LogP contribution in [0.25, 0.3) is 28.2 Å². The molecule has 4 aromatic rings. The van der Waals surface area contributed by atoms with Crippen molar-refractivity contribution in [2.45, 2.75) is 13.8 Å². The van der Waals surface area contributed by atoms with Gasteiger partial charge in [0.2, 0.25) is 5.89 Å². The van der Waals surface area contributed by atoms with Gasteiger partial charge in [-0.3, -0.25) is 4.57 Å². The first kappa shape index (κ1) is 12.8. The lowest BCUT2D eigenvalue weighted by molar-refractivity contribution is 0.619. The number of hydrogen-bond donors (Lipinski definition) is 0. The molecule has 2 aromatic heterocycles. The first-order chi connectivity index (χ1) is 10.7. The average Bonchev–Trinajstić information content (AvgIpc) is 3.15. The Labute approximate surface area is 127 Å². The molecule has 108 valence electrons. The molecule has 2 heterocycles. The van der Waals surface area contributed by atoms with Gasteiger partial charge in [-0.15, -0.1) is 10.2 Å². The third kappa shape index (κ3) is 2.07. The van der Waals surface area contributed by atoms with Crippen molar-refractivity contribution < 1.29 is 4.42 Å². The van der Waals surface area contributed by atoms with E-state index in [1.807, 2.05) is 48.7 Å². The lowest BCUT2D eigenvalue weighted by Crippen LogP contribution is -1.94. The van der Waals surface area contributed by atoms with Crippen LogP contribution in [-0.4, -0.2) is 19.7 Å². The van der Waals surface area contributed by atoms with Crippen LogP contribution in [0, 0.1) is 13.8 Å². The Bertz CT molecular complexity index is 954. The Hall–Kier alpha value is -2.95. The molecule has 0 amide bonds. The zero-order valence-electron chi connectivity index (χ0n) is 12.3. The van der Waals surface area contributed by atoms with Crippen LogP contribution in [0.3, 0.4) is 0 Å². The summed E-state index contributed by atoms with van der Waals surface area (Å²) in [5.74, 6) is 0.638. The quantitative estimate of drug-likeness (QED) is 0.565. The average molecular weight is 290 g/mol. The van der Waals surface area contributed by atoms with Crippen molar-refractivity contribution in [2.75, 3.05) is 0 Å². The minimum atomic E-state index is 0.638. The SMILES string of the molecule is Cc1ccc2oc(-c3ccc(-n4cnnc4)c(C)c3)nc2c1. The van der Waals surface area contributed by atoms with Crippen molar-refractivity contribution in [3.63, 3.8) is 0 Å². The number of nitrogens with zero attached hydrogens (tertiary/aromatic N) is 4. The molecule has 0 radical (unpaired) electrons. The third-order valence-electron chi connectivity index (χ3n) is 3.68. The molecule has 2 aromatic carbocycles. The maximum atomic E-state index is 5.85. The van der Waals surface area contributed by atoms with Crippen LogP contribution in [0.1, 0.15) is 11.1 Å². The second kappa shape index (κ2) is 4.80. The minimum Gasteiger partial charge on any atom is -0.436 e. The smallest absolute Gasteiger partial charge is 0.227 e. The van der Waals surface area contributed by atoms with Gasteiger partial charge in [-0.05, 0) is 55.3 Å². The molecule has 0 N–H and O–H groups in total. The molecule has 0 atom stereocenters. The van der Waals surface area contributed by atoms with Gasteiger partial charge in [0, 0.05) is 5.56 Å². The zero-order valence-corrected chi connectivity index (χ0v) is 12.3. The van der Waals surface area contributed by atoms with E-state index in [1.165, 1.54) is 5.56 Å². The normalized spacial score (nSPS) is 11.2. The van der Waals surface area contributed by atoms with Gasteiger partial charge in [0.15, 0.2) is 5.58 Å². The van der Waals surface area contributed by atoms with Gasteiger partial charge in [0.25, 0.3) is 0 Å². The number of benzene rings is 2. The second-order valence-electron chi connectivity index (χ2n) is 5.36. The van der Waals surface area contributed by atoms with Crippen LogP contribution < -0.4 is 0 Å². The highest BCUT2D eigenvalue weighted by atomic mass is 16.3. The summed E-state index contributed by atoms with van der Waals surface area (Å²) in [5.41, 5.74) is 5.97. The minimum absolute atomic E-state index is 0.638. The monoisotopic (exact) mass is 290 g/mol. The summed E-state index contributed by atoms with van der Waals surface area (Å²) in [7, 11) is 0. The molecule has 4 rings (SSSR count). The summed E-state index contributed by atoms with van der Waals surface area (Å²) in [5, 5.41) is 7.68. The molecule has 5 heteroatoms. The largest absolute Gasteiger partial charge is 0.436 e. The lowest BCUT2D eigenvalue weighted by atomic mass is 10.1. The molecule has 0 aliphatic heterocycles. The number of aromatic nitrogens is 4. The van der Waals surface area contributed by atoms with Crippen LogP contribution in [-0.2, 0) is 0 Å². The fraction of sp³-hybridized carbons (Fsp3) is 0.118. The van der Waals surface area contributed by atoms with Crippen molar-refractivity contribution >= 4 is 11.1 Å². The summed E-state index contributed by atoms with van der Waals surface area (Å²) in [6.45, 7) is 4.09. The molecule has 0 fully saturated rings. The van der Waals surface area contributed by atoms with E-state index in [-0.39, 0.29) is 0 Å². The van der Waals surface area contributed by atoms with Crippen LogP contribution in [0.5, 0.6) is 0 Å². The lowest BCUT2D eigenvalue weighted by Gasteiger charge is -2.06. The zero-order chi connectivity index (χ0) is 15.1. The van der Waals surface area contributed by atoms with Crippen molar-refractivity contribution in [1.82, 2.24) is 19.7 Å². The third-order valence-corrected chi connectivity index (χ3v) is 3.68. The van der Waals surface area contributed by atoms with Crippen LogP contribution in [0.4, 0.5) is 0 Å². The summed E-state index contributed by atoms with van der Waals surface area (Å²) in [4.78, 5) is 4.58. The summed E-state index contributed by atoms with van der Waals surface area (Å²) >= 11 is 0. The first-order valence-electron chi connectivity index (χ1n) is 7.04. The van der Waals surface area contributed by atoms with Gasteiger partial charge in [-0.1, -0.05) is 6.07 Å². The standard InChI is InChI=1S/C17H14N4O/c1-11-3-6-16-14(7-11)20-17(22-16)13-4-5-15(12(2)8-13)21-9-18-19-10-21/h3-10H,1-2H3.